The van der Waals surface area contributed by atoms with Gasteiger partial charge in [-0.3, -0.25) is 4.79 Å². The van der Waals surface area contributed by atoms with Gasteiger partial charge in [0.25, 0.3) is 0 Å². The van der Waals surface area contributed by atoms with Gasteiger partial charge in [0.05, 0.1) is 17.7 Å². The Morgan fingerprint density at radius 2 is 1.85 bits per heavy atom. The van der Waals surface area contributed by atoms with E-state index in [2.05, 4.69) is 5.10 Å². The maximum atomic E-state index is 13.3. The van der Waals surface area contributed by atoms with Crippen molar-refractivity contribution >= 4 is 15.9 Å². The number of aryl methyl sites for hydroxylation is 1. The Morgan fingerprint density at radius 3 is 2.56 bits per heavy atom. The molecule has 0 spiro atoms. The summed E-state index contributed by atoms with van der Waals surface area (Å²) in [7, 11) is -3.78. The van der Waals surface area contributed by atoms with Crippen LogP contribution in [0.2, 0.25) is 0 Å². The second-order valence-corrected chi connectivity index (χ2v) is 8.43. The standard InChI is InChI=1S/C19H19N3O4S/c1-13-18(14(2)22(20-13)19(23)17-8-5-11-26-17)27(24,25)21-10-9-15-6-3-4-7-16(15)12-21/h3-8,11H,9-10,12H2,1-2H3. The highest BCUT2D eigenvalue weighted by molar-refractivity contribution is 7.89. The van der Waals surface area contributed by atoms with Crippen LogP contribution < -0.4 is 0 Å². The predicted molar refractivity (Wildman–Crippen MR) is 97.9 cm³/mol. The van der Waals surface area contributed by atoms with Crippen LogP contribution in [0.1, 0.15) is 33.1 Å². The fourth-order valence-corrected chi connectivity index (χ4v) is 5.28. The number of hydrogen-bond donors (Lipinski definition) is 0. The van der Waals surface area contributed by atoms with Crippen molar-refractivity contribution in [3.63, 3.8) is 0 Å². The number of furan rings is 1. The van der Waals surface area contributed by atoms with Crippen LogP contribution in [-0.4, -0.2) is 35.0 Å². The van der Waals surface area contributed by atoms with Crippen molar-refractivity contribution in [2.45, 2.75) is 31.7 Å². The minimum Gasteiger partial charge on any atom is -0.459 e. The number of benzene rings is 1. The molecule has 140 valence electrons. The fourth-order valence-electron chi connectivity index (χ4n) is 3.51. The second kappa shape index (κ2) is 6.47. The van der Waals surface area contributed by atoms with E-state index in [0.29, 0.717) is 25.2 Å². The van der Waals surface area contributed by atoms with Crippen molar-refractivity contribution in [3.05, 3.63) is 70.9 Å². The van der Waals surface area contributed by atoms with Crippen LogP contribution >= 0.6 is 0 Å². The van der Waals surface area contributed by atoms with Crippen molar-refractivity contribution < 1.29 is 17.6 Å². The lowest BCUT2D eigenvalue weighted by molar-refractivity contribution is 0.0914. The average molecular weight is 385 g/mol. The fraction of sp³-hybridized carbons (Fsp3) is 0.263. The molecule has 0 N–H and O–H groups in total. The first-order chi connectivity index (χ1) is 12.9. The topological polar surface area (TPSA) is 85.4 Å². The smallest absolute Gasteiger partial charge is 0.314 e. The molecule has 0 fully saturated rings. The van der Waals surface area contributed by atoms with Gasteiger partial charge in [-0.25, -0.2) is 8.42 Å². The van der Waals surface area contributed by atoms with Crippen LogP contribution in [-0.2, 0) is 23.0 Å². The van der Waals surface area contributed by atoms with Crippen LogP contribution in [0.5, 0.6) is 0 Å². The van der Waals surface area contributed by atoms with Gasteiger partial charge in [-0.2, -0.15) is 14.1 Å². The van der Waals surface area contributed by atoms with E-state index in [-0.39, 0.29) is 16.3 Å². The number of hydrogen-bond acceptors (Lipinski definition) is 5. The molecule has 1 aromatic carbocycles. The highest BCUT2D eigenvalue weighted by atomic mass is 32.2. The molecule has 1 aliphatic rings. The molecule has 0 saturated carbocycles. The third-order valence-corrected chi connectivity index (χ3v) is 6.94. The molecule has 0 atom stereocenters. The zero-order valence-corrected chi connectivity index (χ0v) is 15.9. The molecule has 0 unspecified atom stereocenters. The number of aromatic nitrogens is 2. The Hall–Kier alpha value is -2.71. The predicted octanol–water partition coefficient (Wildman–Crippen LogP) is 2.53. The van der Waals surface area contributed by atoms with Gasteiger partial charge >= 0.3 is 5.91 Å². The molecule has 7 nitrogen and oxygen atoms in total. The molecule has 3 aromatic rings. The van der Waals surface area contributed by atoms with Crippen molar-refractivity contribution in [2.75, 3.05) is 6.54 Å². The lowest BCUT2D eigenvalue weighted by atomic mass is 10.0. The molecule has 0 radical (unpaired) electrons. The SMILES string of the molecule is Cc1nn(C(=O)c2ccco2)c(C)c1S(=O)(=O)N1CCc2ccccc2C1. The zero-order chi connectivity index (χ0) is 19.2. The summed E-state index contributed by atoms with van der Waals surface area (Å²) < 4.78 is 34.3. The van der Waals surface area contributed by atoms with Gasteiger partial charge in [0.2, 0.25) is 10.0 Å². The monoisotopic (exact) mass is 385 g/mol. The lowest BCUT2D eigenvalue weighted by Gasteiger charge is -2.28. The summed E-state index contributed by atoms with van der Waals surface area (Å²) in [6.45, 7) is 3.90. The summed E-state index contributed by atoms with van der Waals surface area (Å²) in [5.74, 6) is -0.387. The van der Waals surface area contributed by atoms with Crippen LogP contribution in [0, 0.1) is 13.8 Å². The molecule has 0 bridgehead atoms. The first-order valence-electron chi connectivity index (χ1n) is 8.61. The average Bonchev–Trinajstić information content (AvgIpc) is 3.29. The Balaban J connectivity index is 1.72. The Bertz CT molecular complexity index is 1110. The lowest BCUT2D eigenvalue weighted by Crippen LogP contribution is -2.36. The second-order valence-electron chi connectivity index (χ2n) is 6.55. The Labute approximate surface area is 157 Å². The molecule has 8 heteroatoms. The molecule has 0 saturated heterocycles. The van der Waals surface area contributed by atoms with Crippen molar-refractivity contribution in [3.8, 4) is 0 Å². The summed E-state index contributed by atoms with van der Waals surface area (Å²) in [6.07, 6.45) is 2.05. The van der Waals surface area contributed by atoms with E-state index in [9.17, 15) is 13.2 Å². The Morgan fingerprint density at radius 1 is 1.11 bits per heavy atom. The largest absolute Gasteiger partial charge is 0.459 e. The number of carbonyl (C=O) groups excluding carboxylic acids is 1. The number of fused-ring (bicyclic) bond motifs is 1. The number of rotatable bonds is 3. The summed E-state index contributed by atoms with van der Waals surface area (Å²) in [4.78, 5) is 12.6. The van der Waals surface area contributed by atoms with Crippen LogP contribution in [0.3, 0.4) is 0 Å². The highest BCUT2D eigenvalue weighted by Crippen LogP contribution is 2.28. The molecule has 1 aliphatic heterocycles. The van der Waals surface area contributed by atoms with E-state index in [4.69, 9.17) is 4.42 Å². The molecular weight excluding hydrogens is 366 g/mol. The van der Waals surface area contributed by atoms with Crippen LogP contribution in [0.15, 0.2) is 52.0 Å². The molecule has 3 heterocycles. The molecule has 0 aliphatic carbocycles. The molecular formula is C19H19N3O4S. The summed E-state index contributed by atoms with van der Waals surface area (Å²) >= 11 is 0. The van der Waals surface area contributed by atoms with Gasteiger partial charge in [0.15, 0.2) is 5.76 Å². The molecule has 2 aromatic heterocycles. The number of carbonyl (C=O) groups is 1. The highest BCUT2D eigenvalue weighted by Gasteiger charge is 2.34. The van der Waals surface area contributed by atoms with Crippen molar-refractivity contribution in [1.29, 1.82) is 0 Å². The third-order valence-electron chi connectivity index (χ3n) is 4.84. The Kier molecular flexibility index (Phi) is 4.24. The summed E-state index contributed by atoms with van der Waals surface area (Å²) in [6, 6.07) is 11.0. The molecule has 0 amide bonds. The minimum atomic E-state index is -3.78. The maximum Gasteiger partial charge on any atom is 0.314 e. The first kappa shape index (κ1) is 17.7. The maximum absolute atomic E-state index is 13.3. The normalized spacial score (nSPS) is 14.9. The van der Waals surface area contributed by atoms with Gasteiger partial charge < -0.3 is 4.42 Å². The third kappa shape index (κ3) is 2.90. The van der Waals surface area contributed by atoms with Crippen molar-refractivity contribution in [1.82, 2.24) is 14.1 Å². The van der Waals surface area contributed by atoms with E-state index in [0.717, 1.165) is 10.2 Å². The quantitative estimate of drug-likeness (QED) is 0.692. The number of nitrogens with zero attached hydrogens (tertiary/aromatic N) is 3. The van der Waals surface area contributed by atoms with Crippen LogP contribution in [0.25, 0.3) is 0 Å². The van der Waals surface area contributed by atoms with Gasteiger partial charge in [-0.05, 0) is 43.5 Å². The van der Waals surface area contributed by atoms with Gasteiger partial charge in [0, 0.05) is 13.1 Å². The van der Waals surface area contributed by atoms with E-state index in [1.807, 2.05) is 24.3 Å². The van der Waals surface area contributed by atoms with Crippen LogP contribution in [0.4, 0.5) is 0 Å². The summed E-state index contributed by atoms with van der Waals surface area (Å²) in [5.41, 5.74) is 2.75. The zero-order valence-electron chi connectivity index (χ0n) is 15.0. The number of sulfonamides is 1. The minimum absolute atomic E-state index is 0.0850. The molecule has 4 rings (SSSR count). The van der Waals surface area contributed by atoms with Gasteiger partial charge in [-0.1, -0.05) is 24.3 Å². The van der Waals surface area contributed by atoms with E-state index < -0.39 is 15.9 Å². The summed E-state index contributed by atoms with van der Waals surface area (Å²) in [5, 5.41) is 4.17. The van der Waals surface area contributed by atoms with E-state index >= 15 is 0 Å². The van der Waals surface area contributed by atoms with Gasteiger partial charge in [-0.15, -0.1) is 0 Å². The van der Waals surface area contributed by atoms with Crippen molar-refractivity contribution in [2.24, 2.45) is 0 Å². The van der Waals surface area contributed by atoms with E-state index in [1.54, 1.807) is 19.9 Å². The first-order valence-corrected chi connectivity index (χ1v) is 10.0. The van der Waals surface area contributed by atoms with Gasteiger partial charge in [0.1, 0.15) is 4.90 Å². The van der Waals surface area contributed by atoms with E-state index in [1.165, 1.54) is 22.2 Å². The molecule has 27 heavy (non-hydrogen) atoms.